The van der Waals surface area contributed by atoms with Gasteiger partial charge in [-0.1, -0.05) is 18.2 Å². The van der Waals surface area contributed by atoms with Crippen molar-refractivity contribution < 1.29 is 8.42 Å². The number of para-hydroxylation sites is 1. The first-order chi connectivity index (χ1) is 7.96. The van der Waals surface area contributed by atoms with Crippen molar-refractivity contribution in [3.05, 3.63) is 29.8 Å². The molecule has 0 aliphatic carbocycles. The molecular formula is C12H18N2O2S. The second-order valence-electron chi connectivity index (χ2n) is 4.77. The Morgan fingerprint density at radius 2 is 2.12 bits per heavy atom. The van der Waals surface area contributed by atoms with Crippen LogP contribution in [0.4, 0.5) is 5.69 Å². The van der Waals surface area contributed by atoms with Gasteiger partial charge >= 0.3 is 0 Å². The van der Waals surface area contributed by atoms with Crippen LogP contribution in [0.3, 0.4) is 0 Å². The zero-order valence-electron chi connectivity index (χ0n) is 9.94. The molecule has 1 aliphatic rings. The Morgan fingerprint density at radius 3 is 2.65 bits per heavy atom. The molecule has 1 unspecified atom stereocenters. The lowest BCUT2D eigenvalue weighted by Gasteiger charge is -2.29. The molecule has 1 fully saturated rings. The van der Waals surface area contributed by atoms with Crippen molar-refractivity contribution in [2.24, 2.45) is 5.73 Å². The van der Waals surface area contributed by atoms with E-state index in [0.717, 1.165) is 11.3 Å². The Bertz CT molecular complexity index is 513. The van der Waals surface area contributed by atoms with Crippen molar-refractivity contribution in [1.82, 2.24) is 0 Å². The zero-order chi connectivity index (χ0) is 12.5. The molecule has 2 rings (SSSR count). The maximum Gasteiger partial charge on any atom is 0.152 e. The van der Waals surface area contributed by atoms with Crippen molar-refractivity contribution in [2.45, 2.75) is 18.9 Å². The minimum atomic E-state index is -2.94. The van der Waals surface area contributed by atoms with Crippen LogP contribution in [-0.2, 0) is 9.84 Å². The lowest BCUT2D eigenvalue weighted by atomic mass is 9.98. The fourth-order valence-corrected chi connectivity index (χ4v) is 4.25. The predicted octanol–water partition coefficient (Wildman–Crippen LogP) is 0.923. The van der Waals surface area contributed by atoms with Gasteiger partial charge in [0.25, 0.3) is 0 Å². The second kappa shape index (κ2) is 4.31. The highest BCUT2D eigenvalue weighted by Crippen LogP contribution is 2.28. The lowest BCUT2D eigenvalue weighted by Crippen LogP contribution is -2.46. The van der Waals surface area contributed by atoms with Crippen molar-refractivity contribution >= 4 is 15.5 Å². The number of nitrogens with two attached hydrogens (primary N) is 1. The van der Waals surface area contributed by atoms with Gasteiger partial charge in [0.05, 0.1) is 17.0 Å². The van der Waals surface area contributed by atoms with Gasteiger partial charge < -0.3 is 11.1 Å². The Labute approximate surface area is 102 Å². The predicted molar refractivity (Wildman–Crippen MR) is 69.9 cm³/mol. The van der Waals surface area contributed by atoms with E-state index in [2.05, 4.69) is 5.32 Å². The first-order valence-electron chi connectivity index (χ1n) is 5.71. The molecule has 5 heteroatoms. The SMILES string of the molecule is Cc1ccccc1NC1(CN)CCS(=O)(=O)C1. The van der Waals surface area contributed by atoms with Crippen LogP contribution in [0.1, 0.15) is 12.0 Å². The number of hydrogen-bond donors (Lipinski definition) is 2. The van der Waals surface area contributed by atoms with E-state index in [1.165, 1.54) is 0 Å². The van der Waals surface area contributed by atoms with Crippen LogP contribution >= 0.6 is 0 Å². The first-order valence-corrected chi connectivity index (χ1v) is 7.53. The van der Waals surface area contributed by atoms with Gasteiger partial charge in [0.2, 0.25) is 0 Å². The molecule has 3 N–H and O–H groups in total. The highest BCUT2D eigenvalue weighted by Gasteiger charge is 2.41. The summed E-state index contributed by atoms with van der Waals surface area (Å²) in [5.41, 5.74) is 7.33. The Balaban J connectivity index is 2.25. The smallest absolute Gasteiger partial charge is 0.152 e. The van der Waals surface area contributed by atoms with E-state index < -0.39 is 15.4 Å². The molecule has 0 amide bonds. The van der Waals surface area contributed by atoms with E-state index in [1.807, 2.05) is 31.2 Å². The third kappa shape index (κ3) is 2.61. The second-order valence-corrected chi connectivity index (χ2v) is 6.95. The fourth-order valence-electron chi connectivity index (χ4n) is 2.23. The van der Waals surface area contributed by atoms with E-state index >= 15 is 0 Å². The number of anilines is 1. The summed E-state index contributed by atoms with van der Waals surface area (Å²) in [5, 5.41) is 3.32. The maximum absolute atomic E-state index is 11.6. The van der Waals surface area contributed by atoms with Crippen molar-refractivity contribution in [2.75, 3.05) is 23.4 Å². The molecule has 94 valence electrons. The van der Waals surface area contributed by atoms with Gasteiger partial charge in [-0.05, 0) is 25.0 Å². The minimum absolute atomic E-state index is 0.130. The van der Waals surface area contributed by atoms with E-state index in [-0.39, 0.29) is 11.5 Å². The summed E-state index contributed by atoms with van der Waals surface area (Å²) in [4.78, 5) is 0. The van der Waals surface area contributed by atoms with Crippen LogP contribution < -0.4 is 11.1 Å². The number of aryl methyl sites for hydroxylation is 1. The number of nitrogens with one attached hydrogen (secondary N) is 1. The standard InChI is InChI=1S/C12H18N2O2S/c1-10-4-2-3-5-11(10)14-12(8-13)6-7-17(15,16)9-12/h2-5,14H,6-9,13H2,1H3. The molecule has 1 atom stereocenters. The van der Waals surface area contributed by atoms with Crippen LogP contribution in [0, 0.1) is 6.92 Å². The van der Waals surface area contributed by atoms with Gasteiger partial charge in [0.1, 0.15) is 0 Å². The van der Waals surface area contributed by atoms with Crippen molar-refractivity contribution in [3.63, 3.8) is 0 Å². The number of hydrogen-bond acceptors (Lipinski definition) is 4. The normalized spacial score (nSPS) is 26.9. The molecule has 0 aromatic heterocycles. The Kier molecular flexibility index (Phi) is 3.14. The number of sulfone groups is 1. The molecular weight excluding hydrogens is 236 g/mol. The monoisotopic (exact) mass is 254 g/mol. The molecule has 0 saturated carbocycles. The summed E-state index contributed by atoms with van der Waals surface area (Å²) in [7, 11) is -2.94. The third-order valence-electron chi connectivity index (χ3n) is 3.32. The molecule has 1 saturated heterocycles. The van der Waals surface area contributed by atoms with E-state index in [1.54, 1.807) is 0 Å². The Hall–Kier alpha value is -1.07. The summed E-state index contributed by atoms with van der Waals surface area (Å²) in [6.45, 7) is 2.33. The molecule has 1 aliphatic heterocycles. The molecule has 17 heavy (non-hydrogen) atoms. The van der Waals surface area contributed by atoms with Gasteiger partial charge in [-0.3, -0.25) is 0 Å². The van der Waals surface area contributed by atoms with Crippen LogP contribution in [0.2, 0.25) is 0 Å². The van der Waals surface area contributed by atoms with E-state index in [0.29, 0.717) is 13.0 Å². The third-order valence-corrected chi connectivity index (χ3v) is 5.14. The van der Waals surface area contributed by atoms with E-state index in [4.69, 9.17) is 5.73 Å². The molecule has 0 radical (unpaired) electrons. The quantitative estimate of drug-likeness (QED) is 0.841. The minimum Gasteiger partial charge on any atom is -0.377 e. The average molecular weight is 254 g/mol. The van der Waals surface area contributed by atoms with Crippen LogP contribution in [0.5, 0.6) is 0 Å². The highest BCUT2D eigenvalue weighted by molar-refractivity contribution is 7.91. The fraction of sp³-hybridized carbons (Fsp3) is 0.500. The largest absolute Gasteiger partial charge is 0.377 e. The molecule has 4 nitrogen and oxygen atoms in total. The molecule has 0 bridgehead atoms. The molecule has 0 spiro atoms. The van der Waals surface area contributed by atoms with Crippen LogP contribution in [0.25, 0.3) is 0 Å². The van der Waals surface area contributed by atoms with Gasteiger partial charge in [0.15, 0.2) is 9.84 Å². The van der Waals surface area contributed by atoms with Gasteiger partial charge in [0, 0.05) is 12.2 Å². The first kappa shape index (κ1) is 12.4. The summed E-state index contributed by atoms with van der Waals surface area (Å²) in [5.74, 6) is 0.355. The molecule has 1 aromatic rings. The van der Waals surface area contributed by atoms with Gasteiger partial charge in [-0.25, -0.2) is 8.42 Å². The Morgan fingerprint density at radius 1 is 1.41 bits per heavy atom. The summed E-state index contributed by atoms with van der Waals surface area (Å²) in [6.07, 6.45) is 0.583. The topological polar surface area (TPSA) is 72.2 Å². The zero-order valence-corrected chi connectivity index (χ0v) is 10.8. The number of rotatable bonds is 3. The van der Waals surface area contributed by atoms with Crippen LogP contribution in [-0.4, -0.2) is 32.0 Å². The lowest BCUT2D eigenvalue weighted by molar-refractivity contribution is 0.533. The van der Waals surface area contributed by atoms with Gasteiger partial charge in [-0.2, -0.15) is 0 Å². The maximum atomic E-state index is 11.6. The summed E-state index contributed by atoms with van der Waals surface area (Å²) >= 11 is 0. The van der Waals surface area contributed by atoms with Crippen molar-refractivity contribution in [1.29, 1.82) is 0 Å². The molecule has 1 aromatic carbocycles. The number of benzene rings is 1. The van der Waals surface area contributed by atoms with E-state index in [9.17, 15) is 8.42 Å². The summed E-state index contributed by atoms with van der Waals surface area (Å²) < 4.78 is 23.2. The highest BCUT2D eigenvalue weighted by atomic mass is 32.2. The average Bonchev–Trinajstić information content (AvgIpc) is 2.59. The van der Waals surface area contributed by atoms with Crippen molar-refractivity contribution in [3.8, 4) is 0 Å². The van der Waals surface area contributed by atoms with Gasteiger partial charge in [-0.15, -0.1) is 0 Å². The molecule has 1 heterocycles. The summed E-state index contributed by atoms with van der Waals surface area (Å²) in [6, 6.07) is 7.84. The van der Waals surface area contributed by atoms with Crippen LogP contribution in [0.15, 0.2) is 24.3 Å².